The number of rotatable bonds is 6. The first-order valence-corrected chi connectivity index (χ1v) is 8.64. The molecule has 6 heteroatoms. The first kappa shape index (κ1) is 16.6. The molecule has 0 saturated heterocycles. The van der Waals surface area contributed by atoms with Gasteiger partial charge in [-0.1, -0.05) is 13.8 Å². The topological polar surface area (TPSA) is 57.6 Å². The Kier molecular flexibility index (Phi) is 5.55. The molecule has 1 aromatic rings. The minimum Gasteiger partial charge on any atom is -0.391 e. The highest BCUT2D eigenvalue weighted by Crippen LogP contribution is 2.29. The van der Waals surface area contributed by atoms with Gasteiger partial charge in [0, 0.05) is 18.0 Å². The van der Waals surface area contributed by atoms with Gasteiger partial charge in [-0.3, -0.25) is 0 Å². The first-order chi connectivity index (χ1) is 8.70. The van der Waals surface area contributed by atoms with Crippen molar-refractivity contribution in [3.63, 3.8) is 0 Å². The Morgan fingerprint density at radius 3 is 2.37 bits per heavy atom. The molecule has 0 aromatic carbocycles. The molecular formula is C13H23NO3S2. The Bertz CT molecular complexity index is 520. The first-order valence-electron chi connectivity index (χ1n) is 6.38. The van der Waals surface area contributed by atoms with E-state index < -0.39 is 10.0 Å². The third-order valence-electron chi connectivity index (χ3n) is 3.21. The minimum atomic E-state index is -3.45. The van der Waals surface area contributed by atoms with Crippen molar-refractivity contribution in [1.82, 2.24) is 4.31 Å². The minimum absolute atomic E-state index is 0.0371. The molecule has 0 aliphatic carbocycles. The molecule has 0 saturated carbocycles. The second-order valence-corrected chi connectivity index (χ2v) is 8.69. The van der Waals surface area contributed by atoms with E-state index in [1.54, 1.807) is 13.1 Å². The van der Waals surface area contributed by atoms with Crippen LogP contribution in [0.5, 0.6) is 0 Å². The fourth-order valence-electron chi connectivity index (χ4n) is 1.98. The van der Waals surface area contributed by atoms with E-state index in [9.17, 15) is 8.42 Å². The van der Waals surface area contributed by atoms with E-state index in [1.807, 2.05) is 13.8 Å². The molecule has 4 nitrogen and oxygen atoms in total. The molecule has 0 spiro atoms. The summed E-state index contributed by atoms with van der Waals surface area (Å²) < 4.78 is 26.7. The van der Waals surface area contributed by atoms with Crippen molar-refractivity contribution in [2.24, 2.45) is 5.92 Å². The molecule has 1 N–H and O–H groups in total. The van der Waals surface area contributed by atoms with Crippen LogP contribution in [0.25, 0.3) is 0 Å². The van der Waals surface area contributed by atoms with E-state index in [0.29, 0.717) is 15.0 Å². The highest BCUT2D eigenvalue weighted by molar-refractivity contribution is 7.91. The van der Waals surface area contributed by atoms with Crippen LogP contribution in [-0.2, 0) is 16.6 Å². The van der Waals surface area contributed by atoms with E-state index in [0.717, 1.165) is 23.3 Å². The second-order valence-electron chi connectivity index (χ2n) is 5.33. The van der Waals surface area contributed by atoms with Crippen LogP contribution in [0.2, 0.25) is 0 Å². The Morgan fingerprint density at radius 2 is 1.95 bits per heavy atom. The van der Waals surface area contributed by atoms with Crippen LogP contribution in [0.3, 0.4) is 0 Å². The summed E-state index contributed by atoms with van der Waals surface area (Å²) in [5.74, 6) is 0.450. The highest BCUT2D eigenvalue weighted by Gasteiger charge is 2.27. The molecule has 110 valence electrons. The number of nitrogens with zero attached hydrogens (tertiary/aromatic N) is 1. The summed E-state index contributed by atoms with van der Waals surface area (Å²) in [6.45, 7) is 7.78. The van der Waals surface area contributed by atoms with Crippen molar-refractivity contribution in [3.05, 3.63) is 16.5 Å². The van der Waals surface area contributed by atoms with Gasteiger partial charge < -0.3 is 5.11 Å². The Balaban J connectivity index is 3.02. The monoisotopic (exact) mass is 305 g/mol. The number of aryl methyl sites for hydroxylation is 1. The van der Waals surface area contributed by atoms with E-state index in [-0.39, 0.29) is 12.6 Å². The molecule has 1 heterocycles. The summed E-state index contributed by atoms with van der Waals surface area (Å²) in [4.78, 5) is 0.712. The van der Waals surface area contributed by atoms with Crippen LogP contribution in [0.4, 0.5) is 0 Å². The van der Waals surface area contributed by atoms with E-state index in [1.165, 1.54) is 4.31 Å². The van der Waals surface area contributed by atoms with Gasteiger partial charge in [0.15, 0.2) is 0 Å². The molecule has 0 aliphatic rings. The maximum atomic E-state index is 12.5. The van der Waals surface area contributed by atoms with Crippen LogP contribution in [-0.4, -0.2) is 30.9 Å². The third kappa shape index (κ3) is 3.78. The van der Waals surface area contributed by atoms with E-state index in [4.69, 9.17) is 5.11 Å². The number of sulfonamides is 1. The predicted octanol–water partition coefficient (Wildman–Crippen LogP) is 2.60. The lowest BCUT2D eigenvalue weighted by Crippen LogP contribution is -2.35. The number of hydrogen-bond donors (Lipinski definition) is 1. The van der Waals surface area contributed by atoms with E-state index >= 15 is 0 Å². The quantitative estimate of drug-likeness (QED) is 0.879. The predicted molar refractivity (Wildman–Crippen MR) is 78.8 cm³/mol. The van der Waals surface area contributed by atoms with Gasteiger partial charge in [-0.25, -0.2) is 8.42 Å². The van der Waals surface area contributed by atoms with Gasteiger partial charge in [-0.05, 0) is 37.8 Å². The third-order valence-corrected chi connectivity index (χ3v) is 6.85. The summed E-state index contributed by atoms with van der Waals surface area (Å²) in [5, 5.41) is 9.17. The fourth-order valence-corrected chi connectivity index (χ4v) is 4.99. The Morgan fingerprint density at radius 1 is 1.37 bits per heavy atom. The maximum Gasteiger partial charge on any atom is 0.252 e. The van der Waals surface area contributed by atoms with E-state index in [2.05, 4.69) is 13.8 Å². The molecule has 0 aliphatic heterocycles. The van der Waals surface area contributed by atoms with Gasteiger partial charge in [-0.15, -0.1) is 11.3 Å². The molecule has 1 unspecified atom stereocenters. The molecule has 1 atom stereocenters. The molecule has 0 fully saturated rings. The molecule has 0 amide bonds. The summed E-state index contributed by atoms with van der Waals surface area (Å²) in [6.07, 6.45) is 0.826. The van der Waals surface area contributed by atoms with Crippen LogP contribution < -0.4 is 0 Å². The molecular weight excluding hydrogens is 282 g/mol. The van der Waals surface area contributed by atoms with Crippen molar-refractivity contribution in [2.75, 3.05) is 7.05 Å². The van der Waals surface area contributed by atoms with Gasteiger partial charge in [0.25, 0.3) is 10.0 Å². The lowest BCUT2D eigenvalue weighted by molar-refractivity contribution is 0.285. The van der Waals surface area contributed by atoms with Crippen LogP contribution in [0.1, 0.15) is 37.6 Å². The Labute approximate surface area is 120 Å². The van der Waals surface area contributed by atoms with Gasteiger partial charge in [-0.2, -0.15) is 4.31 Å². The van der Waals surface area contributed by atoms with Crippen LogP contribution in [0.15, 0.2) is 10.3 Å². The summed E-state index contributed by atoms with van der Waals surface area (Å²) in [5.41, 5.74) is 0.830. The lowest BCUT2D eigenvalue weighted by Gasteiger charge is -2.24. The number of hydrogen-bond acceptors (Lipinski definition) is 4. The summed E-state index contributed by atoms with van der Waals surface area (Å²) >= 11 is 1.15. The van der Waals surface area contributed by atoms with Crippen molar-refractivity contribution < 1.29 is 13.5 Å². The molecule has 1 rings (SSSR count). The van der Waals surface area contributed by atoms with Crippen LogP contribution in [0, 0.1) is 12.8 Å². The zero-order valence-corrected chi connectivity index (χ0v) is 13.8. The average molecular weight is 305 g/mol. The summed E-state index contributed by atoms with van der Waals surface area (Å²) in [6, 6.07) is 1.61. The number of aliphatic hydroxyl groups excluding tert-OH is 1. The second kappa shape index (κ2) is 6.35. The standard InChI is InChI=1S/C13H23NO3S2/c1-9(2)6-11(4)14(5)19(16,17)13-7-10(3)12(8-15)18-13/h7,9,11,15H,6,8H2,1-5H3. The largest absolute Gasteiger partial charge is 0.391 e. The molecule has 1 aromatic heterocycles. The van der Waals surface area contributed by atoms with Gasteiger partial charge >= 0.3 is 0 Å². The normalized spacial score (nSPS) is 14.3. The van der Waals surface area contributed by atoms with Gasteiger partial charge in [0.2, 0.25) is 0 Å². The van der Waals surface area contributed by atoms with Crippen molar-refractivity contribution >= 4 is 21.4 Å². The van der Waals surface area contributed by atoms with Gasteiger partial charge in [0.05, 0.1) is 6.61 Å². The zero-order valence-electron chi connectivity index (χ0n) is 12.2. The fraction of sp³-hybridized carbons (Fsp3) is 0.692. The Hall–Kier alpha value is -0.430. The number of thiophene rings is 1. The zero-order chi connectivity index (χ0) is 14.8. The van der Waals surface area contributed by atoms with Crippen molar-refractivity contribution in [3.8, 4) is 0 Å². The van der Waals surface area contributed by atoms with Crippen molar-refractivity contribution in [2.45, 2.75) is 51.0 Å². The SMILES string of the molecule is Cc1cc(S(=O)(=O)N(C)C(C)CC(C)C)sc1CO. The summed E-state index contributed by atoms with van der Waals surface area (Å²) in [7, 11) is -1.83. The molecule has 19 heavy (non-hydrogen) atoms. The number of aliphatic hydroxyl groups is 1. The average Bonchev–Trinajstić information content (AvgIpc) is 2.69. The van der Waals surface area contributed by atoms with Crippen LogP contribution >= 0.6 is 11.3 Å². The highest BCUT2D eigenvalue weighted by atomic mass is 32.2. The maximum absolute atomic E-state index is 12.5. The van der Waals surface area contributed by atoms with Crippen molar-refractivity contribution in [1.29, 1.82) is 0 Å². The van der Waals surface area contributed by atoms with Gasteiger partial charge in [0.1, 0.15) is 4.21 Å². The molecule has 0 radical (unpaired) electrons. The lowest BCUT2D eigenvalue weighted by atomic mass is 10.1. The molecule has 0 bridgehead atoms. The smallest absolute Gasteiger partial charge is 0.252 e.